The van der Waals surface area contributed by atoms with E-state index < -0.39 is 0 Å². The third kappa shape index (κ3) is 3.11. The Kier molecular flexibility index (Phi) is 4.83. The Hall–Kier alpha value is -1.06. The monoisotopic (exact) mass is 372 g/mol. The van der Waals surface area contributed by atoms with Crippen LogP contribution in [-0.2, 0) is 0 Å². The van der Waals surface area contributed by atoms with E-state index in [1.807, 2.05) is 10.0 Å². The van der Waals surface area contributed by atoms with Gasteiger partial charge >= 0.3 is 0 Å². The fraction of sp³-hybridized carbons (Fsp3) is 0.913. The van der Waals surface area contributed by atoms with Crippen molar-refractivity contribution in [3.63, 3.8) is 0 Å². The lowest BCUT2D eigenvalue weighted by Gasteiger charge is -2.59. The molecule has 0 aromatic carbocycles. The average Bonchev–Trinajstić information content (AvgIpc) is 2.91. The molecule has 0 bridgehead atoms. The molecule has 6 unspecified atom stereocenters. The largest absolute Gasteiger partial charge is 0.303 e. The Morgan fingerprint density at radius 3 is 2.26 bits per heavy atom. The molecule has 0 aromatic rings. The lowest BCUT2D eigenvalue weighted by atomic mass is 9.45. The van der Waals surface area contributed by atoms with Crippen LogP contribution in [0.4, 0.5) is 0 Å². The van der Waals surface area contributed by atoms with E-state index in [0.29, 0.717) is 10.8 Å². The molecule has 0 saturated heterocycles. The molecule has 4 rings (SSSR count). The zero-order chi connectivity index (χ0) is 19.4. The molecule has 6 atom stereocenters. The highest BCUT2D eigenvalue weighted by Gasteiger charge is 2.59. The summed E-state index contributed by atoms with van der Waals surface area (Å²) in [6, 6.07) is 0. The second-order valence-corrected chi connectivity index (χ2v) is 10.8. The predicted molar refractivity (Wildman–Crippen MR) is 114 cm³/mol. The van der Waals surface area contributed by atoms with E-state index in [0.717, 1.165) is 23.7 Å². The summed E-state index contributed by atoms with van der Waals surface area (Å²) in [6.07, 6.45) is 12.0. The average molecular weight is 373 g/mol. The zero-order valence-corrected chi connectivity index (χ0v) is 18.5. The first kappa shape index (κ1) is 19.3. The highest BCUT2D eigenvalue weighted by atomic mass is 15.4. The van der Waals surface area contributed by atoms with Crippen LogP contribution in [0.2, 0.25) is 0 Å². The molecule has 0 aromatic heterocycles. The van der Waals surface area contributed by atoms with Gasteiger partial charge in [0, 0.05) is 45.0 Å². The van der Waals surface area contributed by atoms with Gasteiger partial charge in [-0.2, -0.15) is 10.2 Å². The minimum absolute atomic E-state index is 0.362. The van der Waals surface area contributed by atoms with Gasteiger partial charge in [0.05, 0.1) is 0 Å². The maximum absolute atomic E-state index is 4.94. The topological polar surface area (TPSA) is 31.2 Å². The molecule has 4 saturated carbocycles. The molecule has 0 amide bonds. The number of rotatable bonds is 2. The van der Waals surface area contributed by atoms with E-state index in [9.17, 15) is 0 Å². The van der Waals surface area contributed by atoms with Crippen molar-refractivity contribution in [1.29, 1.82) is 0 Å². The molecule has 4 heteroatoms. The molecule has 27 heavy (non-hydrogen) atoms. The summed E-state index contributed by atoms with van der Waals surface area (Å²) in [7, 11) is 8.28. The fourth-order valence-electron chi connectivity index (χ4n) is 7.63. The summed E-state index contributed by atoms with van der Waals surface area (Å²) in [5, 5.41) is 13.8. The van der Waals surface area contributed by atoms with Gasteiger partial charge < -0.3 is 10.0 Å². The summed E-state index contributed by atoms with van der Waals surface area (Å²) in [5.41, 5.74) is 3.84. The van der Waals surface area contributed by atoms with Crippen LogP contribution in [0.5, 0.6) is 0 Å². The van der Waals surface area contributed by atoms with Crippen molar-refractivity contribution in [1.82, 2.24) is 10.0 Å². The molecule has 4 aliphatic rings. The van der Waals surface area contributed by atoms with Crippen LogP contribution in [0.15, 0.2) is 10.2 Å². The van der Waals surface area contributed by atoms with Crippen molar-refractivity contribution in [3.05, 3.63) is 0 Å². The van der Waals surface area contributed by atoms with E-state index in [1.54, 1.807) is 0 Å². The first-order valence-electron chi connectivity index (χ1n) is 11.2. The standard InChI is InChI=1S/C23H40N4/c1-22-13-11-17(24-26(3)4)15-16(22)7-8-18-19-9-10-21(25-27(5)6)23(19,2)14-12-20(18)22/h16,18-20H,7-15H2,1-6H3. The first-order valence-corrected chi connectivity index (χ1v) is 11.2. The highest BCUT2D eigenvalue weighted by Crippen LogP contribution is 2.65. The maximum atomic E-state index is 4.94. The molecule has 0 heterocycles. The van der Waals surface area contributed by atoms with E-state index >= 15 is 0 Å². The van der Waals surface area contributed by atoms with E-state index in [-0.39, 0.29) is 0 Å². The quantitative estimate of drug-likeness (QED) is 0.648. The third-order valence-electron chi connectivity index (χ3n) is 8.90. The van der Waals surface area contributed by atoms with Crippen LogP contribution >= 0.6 is 0 Å². The van der Waals surface area contributed by atoms with Crippen LogP contribution < -0.4 is 0 Å². The van der Waals surface area contributed by atoms with Crippen molar-refractivity contribution in [2.24, 2.45) is 44.7 Å². The van der Waals surface area contributed by atoms with Gasteiger partial charge in [-0.1, -0.05) is 13.8 Å². The van der Waals surface area contributed by atoms with Crippen molar-refractivity contribution < 1.29 is 0 Å². The molecule has 4 fully saturated rings. The lowest BCUT2D eigenvalue weighted by Crippen LogP contribution is -2.53. The van der Waals surface area contributed by atoms with Gasteiger partial charge in [0.1, 0.15) is 0 Å². The Bertz CT molecular complexity index is 636. The zero-order valence-electron chi connectivity index (χ0n) is 18.5. The van der Waals surface area contributed by atoms with Crippen LogP contribution in [0.1, 0.15) is 71.6 Å². The fourth-order valence-corrected chi connectivity index (χ4v) is 7.63. The number of hydrogen-bond donors (Lipinski definition) is 0. The van der Waals surface area contributed by atoms with Gasteiger partial charge in [0.25, 0.3) is 0 Å². The van der Waals surface area contributed by atoms with Gasteiger partial charge in [-0.3, -0.25) is 0 Å². The second kappa shape index (κ2) is 6.77. The summed E-state index contributed by atoms with van der Waals surface area (Å²) < 4.78 is 0. The third-order valence-corrected chi connectivity index (χ3v) is 8.90. The maximum Gasteiger partial charge on any atom is 0.0442 e. The molecule has 4 aliphatic carbocycles. The minimum Gasteiger partial charge on any atom is -0.303 e. The van der Waals surface area contributed by atoms with Crippen LogP contribution in [-0.4, -0.2) is 49.6 Å². The van der Waals surface area contributed by atoms with Gasteiger partial charge in [-0.25, -0.2) is 0 Å². The van der Waals surface area contributed by atoms with Crippen molar-refractivity contribution in [3.8, 4) is 0 Å². The Morgan fingerprint density at radius 1 is 0.815 bits per heavy atom. The van der Waals surface area contributed by atoms with E-state index in [1.165, 1.54) is 69.2 Å². The molecule has 4 nitrogen and oxygen atoms in total. The van der Waals surface area contributed by atoms with Crippen LogP contribution in [0, 0.1) is 34.5 Å². The number of fused-ring (bicyclic) bond motifs is 5. The van der Waals surface area contributed by atoms with Crippen molar-refractivity contribution >= 4 is 11.4 Å². The minimum atomic E-state index is 0.362. The van der Waals surface area contributed by atoms with Crippen LogP contribution in [0.3, 0.4) is 0 Å². The molecule has 0 N–H and O–H groups in total. The van der Waals surface area contributed by atoms with Gasteiger partial charge in [0.2, 0.25) is 0 Å². The molecule has 0 spiro atoms. The smallest absolute Gasteiger partial charge is 0.0442 e. The van der Waals surface area contributed by atoms with Crippen LogP contribution in [0.25, 0.3) is 0 Å². The molecule has 0 aliphatic heterocycles. The summed E-state index contributed by atoms with van der Waals surface area (Å²) in [6.45, 7) is 5.19. The summed E-state index contributed by atoms with van der Waals surface area (Å²) >= 11 is 0. The van der Waals surface area contributed by atoms with E-state index in [4.69, 9.17) is 10.2 Å². The lowest BCUT2D eigenvalue weighted by molar-refractivity contribution is -0.0817. The van der Waals surface area contributed by atoms with Gasteiger partial charge in [-0.05, 0) is 86.9 Å². The summed E-state index contributed by atoms with van der Waals surface area (Å²) in [4.78, 5) is 0. The first-order chi connectivity index (χ1) is 12.7. The Balaban J connectivity index is 1.56. The normalized spacial score (nSPS) is 46.7. The van der Waals surface area contributed by atoms with Gasteiger partial charge in [0.15, 0.2) is 0 Å². The molecular formula is C23H40N4. The highest BCUT2D eigenvalue weighted by molar-refractivity contribution is 5.92. The van der Waals surface area contributed by atoms with Crippen molar-refractivity contribution in [2.75, 3.05) is 28.2 Å². The summed E-state index contributed by atoms with van der Waals surface area (Å²) in [5.74, 6) is 3.57. The molecular weight excluding hydrogens is 332 g/mol. The van der Waals surface area contributed by atoms with Crippen molar-refractivity contribution in [2.45, 2.75) is 71.6 Å². The Labute approximate surface area is 166 Å². The second-order valence-electron chi connectivity index (χ2n) is 10.8. The molecule has 0 radical (unpaired) electrons. The van der Waals surface area contributed by atoms with E-state index in [2.05, 4.69) is 42.0 Å². The number of nitrogens with zero attached hydrogens (tertiary/aromatic N) is 4. The molecule has 152 valence electrons. The van der Waals surface area contributed by atoms with Gasteiger partial charge in [-0.15, -0.1) is 0 Å². The number of hydrazone groups is 2. The number of hydrogen-bond acceptors (Lipinski definition) is 4. The predicted octanol–water partition coefficient (Wildman–Crippen LogP) is 4.86. The Morgan fingerprint density at radius 2 is 1.56 bits per heavy atom. The SMILES string of the molecule is CN(C)N=C1CCC2(C)C(CCC3C4CCC(=NN(C)C)C4(C)CCC32)C1.